The Morgan fingerprint density at radius 1 is 1.15 bits per heavy atom. The number of nitrogens with one attached hydrogen (secondary N) is 2. The Labute approximate surface area is 212 Å². The summed E-state index contributed by atoms with van der Waals surface area (Å²) in [4.78, 5) is 7.04. The van der Waals surface area contributed by atoms with Gasteiger partial charge in [0.15, 0.2) is 17.5 Å². The van der Waals surface area contributed by atoms with Crippen LogP contribution in [0, 0.1) is 5.82 Å². The Balaban J connectivity index is 0.00000385. The Hall–Kier alpha value is -2.11. The molecule has 0 spiro atoms. The van der Waals surface area contributed by atoms with Crippen molar-refractivity contribution in [2.75, 3.05) is 46.0 Å². The molecule has 0 aromatic heterocycles. The molecule has 182 valence electrons. The number of hydrogen-bond acceptors (Lipinski definition) is 5. The van der Waals surface area contributed by atoms with E-state index >= 15 is 0 Å². The zero-order valence-electron chi connectivity index (χ0n) is 19.2. The van der Waals surface area contributed by atoms with Crippen molar-refractivity contribution in [2.24, 2.45) is 4.99 Å². The molecule has 0 saturated carbocycles. The molecule has 1 saturated heterocycles. The first-order valence-electron chi connectivity index (χ1n) is 11.1. The number of morpholine rings is 1. The fourth-order valence-electron chi connectivity index (χ4n) is 3.67. The number of hydrogen-bond donors (Lipinski definition) is 3. The van der Waals surface area contributed by atoms with Gasteiger partial charge in [-0.1, -0.05) is 18.2 Å². The maximum absolute atomic E-state index is 13.5. The zero-order chi connectivity index (χ0) is 22.8. The maximum Gasteiger partial charge on any atom is 0.191 e. The summed E-state index contributed by atoms with van der Waals surface area (Å²) in [5, 5.41) is 16.6. The summed E-state index contributed by atoms with van der Waals surface area (Å²) in [6.07, 6.45) is 0. The highest BCUT2D eigenvalue weighted by Crippen LogP contribution is 2.27. The van der Waals surface area contributed by atoms with Crippen LogP contribution in [0.3, 0.4) is 0 Å². The van der Waals surface area contributed by atoms with Crippen molar-refractivity contribution in [3.63, 3.8) is 0 Å². The third-order valence-electron chi connectivity index (χ3n) is 5.29. The number of aromatic hydroxyl groups is 1. The van der Waals surface area contributed by atoms with Crippen molar-refractivity contribution < 1.29 is 19.0 Å². The summed E-state index contributed by atoms with van der Waals surface area (Å²) in [7, 11) is 0. The van der Waals surface area contributed by atoms with Gasteiger partial charge in [0.1, 0.15) is 5.82 Å². The number of rotatable bonds is 9. The zero-order valence-corrected chi connectivity index (χ0v) is 21.6. The quantitative estimate of drug-likeness (QED) is 0.242. The van der Waals surface area contributed by atoms with Crippen LogP contribution in [0.25, 0.3) is 0 Å². The topological polar surface area (TPSA) is 78.4 Å². The largest absolute Gasteiger partial charge is 0.504 e. The molecule has 1 aliphatic heterocycles. The molecule has 1 atom stereocenters. The van der Waals surface area contributed by atoms with Crippen LogP contribution in [0.15, 0.2) is 47.5 Å². The number of benzene rings is 2. The average Bonchev–Trinajstić information content (AvgIpc) is 2.81. The summed E-state index contributed by atoms with van der Waals surface area (Å²) in [6.45, 7) is 9.20. The summed E-state index contributed by atoms with van der Waals surface area (Å²) in [5.74, 6) is 1.04. The predicted octanol–water partition coefficient (Wildman–Crippen LogP) is 3.68. The first kappa shape index (κ1) is 27.1. The van der Waals surface area contributed by atoms with E-state index in [1.807, 2.05) is 32.0 Å². The highest BCUT2D eigenvalue weighted by atomic mass is 127. The Morgan fingerprint density at radius 3 is 2.55 bits per heavy atom. The summed E-state index contributed by atoms with van der Waals surface area (Å²) in [6, 6.07) is 12.0. The van der Waals surface area contributed by atoms with Crippen LogP contribution < -0.4 is 15.4 Å². The van der Waals surface area contributed by atoms with Gasteiger partial charge in [-0.3, -0.25) is 4.90 Å². The van der Waals surface area contributed by atoms with Crippen molar-refractivity contribution in [1.82, 2.24) is 15.5 Å². The molecule has 0 amide bonds. The minimum atomic E-state index is -0.238. The lowest BCUT2D eigenvalue weighted by molar-refractivity contribution is 0.0170. The van der Waals surface area contributed by atoms with E-state index in [-0.39, 0.29) is 41.6 Å². The summed E-state index contributed by atoms with van der Waals surface area (Å²) < 4.78 is 24.4. The minimum Gasteiger partial charge on any atom is -0.504 e. The minimum absolute atomic E-state index is 0. The molecule has 2 aromatic carbocycles. The van der Waals surface area contributed by atoms with E-state index in [0.29, 0.717) is 44.6 Å². The molecule has 0 bridgehead atoms. The molecule has 7 nitrogen and oxygen atoms in total. The highest BCUT2D eigenvalue weighted by molar-refractivity contribution is 14.0. The van der Waals surface area contributed by atoms with Gasteiger partial charge < -0.3 is 25.2 Å². The Morgan fingerprint density at radius 2 is 1.88 bits per heavy atom. The lowest BCUT2D eigenvalue weighted by Crippen LogP contribution is -2.46. The van der Waals surface area contributed by atoms with Crippen molar-refractivity contribution in [3.8, 4) is 11.5 Å². The molecule has 1 heterocycles. The van der Waals surface area contributed by atoms with Crippen molar-refractivity contribution in [2.45, 2.75) is 26.4 Å². The Kier molecular flexibility index (Phi) is 11.7. The van der Waals surface area contributed by atoms with E-state index in [1.165, 1.54) is 12.1 Å². The van der Waals surface area contributed by atoms with Crippen molar-refractivity contribution >= 4 is 29.9 Å². The van der Waals surface area contributed by atoms with Gasteiger partial charge in [-0.15, -0.1) is 24.0 Å². The van der Waals surface area contributed by atoms with Crippen molar-refractivity contribution in [1.29, 1.82) is 0 Å². The van der Waals surface area contributed by atoms with Crippen LogP contribution in [0.5, 0.6) is 11.5 Å². The molecule has 3 N–H and O–H groups in total. The van der Waals surface area contributed by atoms with E-state index in [4.69, 9.17) is 14.5 Å². The molecule has 1 fully saturated rings. The van der Waals surface area contributed by atoms with Crippen LogP contribution in [-0.2, 0) is 11.3 Å². The van der Waals surface area contributed by atoms with E-state index in [9.17, 15) is 9.50 Å². The normalized spacial score (nSPS) is 15.4. The summed E-state index contributed by atoms with van der Waals surface area (Å²) in [5.41, 5.74) is 1.99. The third-order valence-corrected chi connectivity index (χ3v) is 5.29. The third kappa shape index (κ3) is 8.31. The lowest BCUT2D eigenvalue weighted by atomic mass is 10.0. The molecule has 0 aliphatic carbocycles. The number of halogens is 2. The fraction of sp³-hybridized carbons (Fsp3) is 0.458. The predicted molar refractivity (Wildman–Crippen MR) is 139 cm³/mol. The van der Waals surface area contributed by atoms with Gasteiger partial charge in [0.25, 0.3) is 0 Å². The fourth-order valence-corrected chi connectivity index (χ4v) is 3.67. The highest BCUT2D eigenvalue weighted by Gasteiger charge is 2.23. The average molecular weight is 572 g/mol. The molecule has 0 radical (unpaired) electrons. The SMILES string of the molecule is CCNC(=NCc1ccc(O)c(OCC)c1)NCC(c1ccc(F)cc1)N1CCOCC1.I. The standard InChI is InChI=1S/C24H33FN4O3.HI/c1-3-26-24(27-16-18-5-10-22(30)23(15-18)32-4-2)28-17-21(29-11-13-31-14-12-29)19-6-8-20(25)9-7-19;/h5-10,15,21,30H,3-4,11-14,16-17H2,1-2H3,(H2,26,27,28);1H. The molecule has 1 aliphatic rings. The van der Waals surface area contributed by atoms with Gasteiger partial charge in [-0.2, -0.15) is 0 Å². The van der Waals surface area contributed by atoms with E-state index in [0.717, 1.165) is 30.8 Å². The summed E-state index contributed by atoms with van der Waals surface area (Å²) >= 11 is 0. The Bertz CT molecular complexity index is 877. The first-order chi connectivity index (χ1) is 15.6. The lowest BCUT2D eigenvalue weighted by Gasteiger charge is -2.35. The number of phenols is 1. The molecular formula is C24H34FIN4O3. The van der Waals surface area contributed by atoms with E-state index < -0.39 is 0 Å². The first-order valence-corrected chi connectivity index (χ1v) is 11.1. The van der Waals surface area contributed by atoms with Gasteiger partial charge in [0, 0.05) is 26.2 Å². The van der Waals surface area contributed by atoms with Gasteiger partial charge in [-0.05, 0) is 49.2 Å². The molecule has 2 aromatic rings. The molecule has 1 unspecified atom stereocenters. The van der Waals surface area contributed by atoms with Gasteiger partial charge in [-0.25, -0.2) is 9.38 Å². The number of aliphatic imine (C=N–C) groups is 1. The van der Waals surface area contributed by atoms with Crippen LogP contribution in [-0.4, -0.2) is 62.0 Å². The molecule has 3 rings (SSSR count). The number of phenolic OH excluding ortho intramolecular Hbond substituents is 1. The molecule has 9 heteroatoms. The molecular weight excluding hydrogens is 538 g/mol. The van der Waals surface area contributed by atoms with E-state index in [2.05, 4.69) is 15.5 Å². The van der Waals surface area contributed by atoms with Crippen LogP contribution >= 0.6 is 24.0 Å². The molecule has 33 heavy (non-hydrogen) atoms. The van der Waals surface area contributed by atoms with Gasteiger partial charge in [0.2, 0.25) is 0 Å². The van der Waals surface area contributed by atoms with Crippen LogP contribution in [0.2, 0.25) is 0 Å². The van der Waals surface area contributed by atoms with Crippen LogP contribution in [0.4, 0.5) is 4.39 Å². The smallest absolute Gasteiger partial charge is 0.191 e. The monoisotopic (exact) mass is 572 g/mol. The van der Waals surface area contributed by atoms with Gasteiger partial charge in [0.05, 0.1) is 32.4 Å². The number of ether oxygens (including phenoxy) is 2. The second kappa shape index (κ2) is 14.2. The second-order valence-corrected chi connectivity index (χ2v) is 7.53. The maximum atomic E-state index is 13.5. The number of nitrogens with zero attached hydrogens (tertiary/aromatic N) is 2. The second-order valence-electron chi connectivity index (χ2n) is 7.53. The van der Waals surface area contributed by atoms with E-state index in [1.54, 1.807) is 12.1 Å². The van der Waals surface area contributed by atoms with Crippen LogP contribution in [0.1, 0.15) is 31.0 Å². The number of guanidine groups is 1. The van der Waals surface area contributed by atoms with Crippen molar-refractivity contribution in [3.05, 3.63) is 59.4 Å². The van der Waals surface area contributed by atoms with Gasteiger partial charge >= 0.3 is 0 Å².